The summed E-state index contributed by atoms with van der Waals surface area (Å²) in [6.07, 6.45) is 5.89. The van der Waals surface area contributed by atoms with Gasteiger partial charge in [0.15, 0.2) is 0 Å². The van der Waals surface area contributed by atoms with Crippen LogP contribution in [-0.4, -0.2) is 37.2 Å². The lowest BCUT2D eigenvalue weighted by Crippen LogP contribution is -2.51. The highest BCUT2D eigenvalue weighted by molar-refractivity contribution is 4.81. The summed E-state index contributed by atoms with van der Waals surface area (Å²) in [5.41, 5.74) is 0. The van der Waals surface area contributed by atoms with E-state index >= 15 is 0 Å². The maximum Gasteiger partial charge on any atom is 0.0161 e. The molecule has 1 aliphatic carbocycles. The molecule has 1 saturated carbocycles. The highest BCUT2D eigenvalue weighted by Crippen LogP contribution is 2.33. The van der Waals surface area contributed by atoms with E-state index in [-0.39, 0.29) is 0 Å². The van der Waals surface area contributed by atoms with Gasteiger partial charge in [0.2, 0.25) is 0 Å². The molecule has 2 heteroatoms. The summed E-state index contributed by atoms with van der Waals surface area (Å²) in [7, 11) is 4.43. The zero-order valence-electron chi connectivity index (χ0n) is 8.29. The Hall–Kier alpha value is -0.0800. The zero-order valence-corrected chi connectivity index (χ0v) is 8.29. The lowest BCUT2D eigenvalue weighted by molar-refractivity contribution is -0.0676. The highest BCUT2D eigenvalue weighted by Gasteiger charge is 2.32. The van der Waals surface area contributed by atoms with Crippen LogP contribution in [0.5, 0.6) is 0 Å². The van der Waals surface area contributed by atoms with Gasteiger partial charge in [-0.1, -0.05) is 12.8 Å². The van der Waals surface area contributed by atoms with Gasteiger partial charge in [0.25, 0.3) is 0 Å². The fourth-order valence-corrected chi connectivity index (χ4v) is 2.72. The molecule has 1 saturated heterocycles. The predicted molar refractivity (Wildman–Crippen MR) is 50.7 cm³/mol. The van der Waals surface area contributed by atoms with E-state index in [9.17, 15) is 0 Å². The van der Waals surface area contributed by atoms with Crippen LogP contribution in [0.1, 0.15) is 25.7 Å². The molecule has 0 aromatic carbocycles. The van der Waals surface area contributed by atoms with Crippen LogP contribution in [0.2, 0.25) is 0 Å². The second-order valence-corrected chi connectivity index (χ2v) is 4.49. The highest BCUT2D eigenvalue weighted by atomic mass is 15.6. The molecule has 2 unspecified atom stereocenters. The molecule has 1 aliphatic heterocycles. The van der Waals surface area contributed by atoms with Gasteiger partial charge in [-0.25, -0.2) is 10.0 Å². The third-order valence-electron chi connectivity index (χ3n) is 3.65. The molecule has 12 heavy (non-hydrogen) atoms. The molecular formula is C10H20N2. The lowest BCUT2D eigenvalue weighted by atomic mass is 9.78. The van der Waals surface area contributed by atoms with Crippen molar-refractivity contribution in [1.82, 2.24) is 10.0 Å². The number of hydrogen-bond donors (Lipinski definition) is 0. The topological polar surface area (TPSA) is 6.48 Å². The Morgan fingerprint density at radius 2 is 1.25 bits per heavy atom. The van der Waals surface area contributed by atoms with Crippen LogP contribution < -0.4 is 0 Å². The Kier molecular flexibility index (Phi) is 2.37. The molecule has 0 aromatic rings. The van der Waals surface area contributed by atoms with Gasteiger partial charge >= 0.3 is 0 Å². The van der Waals surface area contributed by atoms with Crippen molar-refractivity contribution < 1.29 is 0 Å². The largest absolute Gasteiger partial charge is 0.245 e. The minimum absolute atomic E-state index is 1.000. The monoisotopic (exact) mass is 168 g/mol. The van der Waals surface area contributed by atoms with Gasteiger partial charge in [-0.2, -0.15) is 0 Å². The third kappa shape index (κ3) is 1.50. The smallest absolute Gasteiger partial charge is 0.0161 e. The number of fused-ring (bicyclic) bond motifs is 1. The van der Waals surface area contributed by atoms with E-state index < -0.39 is 0 Å². The molecule has 0 amide bonds. The molecule has 2 atom stereocenters. The summed E-state index contributed by atoms with van der Waals surface area (Å²) in [5, 5.41) is 4.76. The molecule has 0 bridgehead atoms. The van der Waals surface area contributed by atoms with Crippen LogP contribution in [0.4, 0.5) is 0 Å². The summed E-state index contributed by atoms with van der Waals surface area (Å²) in [5.74, 6) is 2.00. The molecule has 2 rings (SSSR count). The molecule has 2 aliphatic rings. The Labute approximate surface area is 75.5 Å². The molecule has 70 valence electrons. The van der Waals surface area contributed by atoms with Crippen LogP contribution >= 0.6 is 0 Å². The van der Waals surface area contributed by atoms with Gasteiger partial charge in [0, 0.05) is 27.2 Å². The number of nitrogens with zero attached hydrogens (tertiary/aromatic N) is 2. The van der Waals surface area contributed by atoms with Crippen molar-refractivity contribution in [3.05, 3.63) is 0 Å². The Balaban J connectivity index is 1.98. The van der Waals surface area contributed by atoms with Crippen LogP contribution in [0.25, 0.3) is 0 Å². The van der Waals surface area contributed by atoms with Crippen LogP contribution in [-0.2, 0) is 0 Å². The standard InChI is InChI=1S/C10H20N2/c1-11-7-9-5-3-4-6-10(9)8-12(11)2/h9-10H,3-8H2,1-2H3. The van der Waals surface area contributed by atoms with E-state index in [0.29, 0.717) is 0 Å². The molecule has 2 nitrogen and oxygen atoms in total. The Morgan fingerprint density at radius 1 is 0.833 bits per heavy atom. The van der Waals surface area contributed by atoms with E-state index in [4.69, 9.17) is 0 Å². The van der Waals surface area contributed by atoms with Crippen molar-refractivity contribution in [3.8, 4) is 0 Å². The normalized spacial score (nSPS) is 39.5. The maximum atomic E-state index is 2.38. The first-order valence-electron chi connectivity index (χ1n) is 5.19. The van der Waals surface area contributed by atoms with Crippen molar-refractivity contribution in [2.24, 2.45) is 11.8 Å². The number of hydrazine groups is 1. The van der Waals surface area contributed by atoms with E-state index in [0.717, 1.165) is 11.8 Å². The van der Waals surface area contributed by atoms with Gasteiger partial charge in [0.05, 0.1) is 0 Å². The van der Waals surface area contributed by atoms with Crippen molar-refractivity contribution in [2.75, 3.05) is 27.2 Å². The predicted octanol–water partition coefficient (Wildman–Crippen LogP) is 1.58. The van der Waals surface area contributed by atoms with Crippen LogP contribution in [0, 0.1) is 11.8 Å². The summed E-state index contributed by atoms with van der Waals surface area (Å²) in [6, 6.07) is 0. The van der Waals surface area contributed by atoms with Crippen molar-refractivity contribution in [3.63, 3.8) is 0 Å². The number of hydrogen-bond acceptors (Lipinski definition) is 2. The van der Waals surface area contributed by atoms with Crippen LogP contribution in [0.3, 0.4) is 0 Å². The van der Waals surface area contributed by atoms with E-state index in [1.807, 2.05) is 0 Å². The maximum absolute atomic E-state index is 2.38. The van der Waals surface area contributed by atoms with E-state index in [1.165, 1.54) is 38.8 Å². The fraction of sp³-hybridized carbons (Fsp3) is 1.00. The first-order chi connectivity index (χ1) is 5.77. The van der Waals surface area contributed by atoms with Gasteiger partial charge < -0.3 is 0 Å². The van der Waals surface area contributed by atoms with E-state index in [1.54, 1.807) is 0 Å². The SMILES string of the molecule is CN1CC2CCCCC2CN1C. The first-order valence-corrected chi connectivity index (χ1v) is 5.19. The molecule has 0 aromatic heterocycles. The first kappa shape index (κ1) is 8.52. The quantitative estimate of drug-likeness (QED) is 0.542. The van der Waals surface area contributed by atoms with Crippen molar-refractivity contribution >= 4 is 0 Å². The third-order valence-corrected chi connectivity index (χ3v) is 3.65. The molecule has 0 radical (unpaired) electrons. The number of rotatable bonds is 0. The van der Waals surface area contributed by atoms with Gasteiger partial charge in [-0.05, 0) is 24.7 Å². The molecule has 1 heterocycles. The Bertz CT molecular complexity index is 140. The molecule has 0 spiro atoms. The minimum Gasteiger partial charge on any atom is -0.245 e. The average Bonchev–Trinajstić information content (AvgIpc) is 2.07. The summed E-state index contributed by atoms with van der Waals surface area (Å²) < 4.78 is 0. The zero-order chi connectivity index (χ0) is 8.55. The molecule has 0 N–H and O–H groups in total. The molecule has 2 fully saturated rings. The van der Waals surface area contributed by atoms with Gasteiger partial charge in [0.1, 0.15) is 0 Å². The lowest BCUT2D eigenvalue weighted by Gasteiger charge is -2.45. The average molecular weight is 168 g/mol. The van der Waals surface area contributed by atoms with E-state index in [2.05, 4.69) is 24.1 Å². The fourth-order valence-electron chi connectivity index (χ4n) is 2.72. The minimum atomic E-state index is 1.000. The van der Waals surface area contributed by atoms with Crippen LogP contribution in [0.15, 0.2) is 0 Å². The van der Waals surface area contributed by atoms with Gasteiger partial charge in [-0.3, -0.25) is 0 Å². The van der Waals surface area contributed by atoms with Gasteiger partial charge in [-0.15, -0.1) is 0 Å². The summed E-state index contributed by atoms with van der Waals surface area (Å²) in [4.78, 5) is 0. The second kappa shape index (κ2) is 3.35. The Morgan fingerprint density at radius 3 is 1.67 bits per heavy atom. The molecular weight excluding hydrogens is 148 g/mol. The van der Waals surface area contributed by atoms with Crippen molar-refractivity contribution in [1.29, 1.82) is 0 Å². The summed E-state index contributed by atoms with van der Waals surface area (Å²) >= 11 is 0. The van der Waals surface area contributed by atoms with Crippen molar-refractivity contribution in [2.45, 2.75) is 25.7 Å². The summed E-state index contributed by atoms with van der Waals surface area (Å²) in [6.45, 7) is 2.59. The second-order valence-electron chi connectivity index (χ2n) is 4.49.